The summed E-state index contributed by atoms with van der Waals surface area (Å²) in [5.41, 5.74) is 4.29. The van der Waals surface area contributed by atoms with Crippen LogP contribution >= 0.6 is 0 Å². The lowest BCUT2D eigenvalue weighted by Crippen LogP contribution is -2.15. The van der Waals surface area contributed by atoms with Crippen LogP contribution < -0.4 is 25.2 Å². The molecular weight excluding hydrogens is 374 g/mol. The van der Waals surface area contributed by atoms with Crippen molar-refractivity contribution in [2.45, 2.75) is 13.5 Å². The quantitative estimate of drug-likeness (QED) is 0.445. The maximum Gasteiger partial charge on any atom is 0.274 e. The summed E-state index contributed by atoms with van der Waals surface area (Å²) in [7, 11) is 3.10. The Balaban J connectivity index is 1.77. The Morgan fingerprint density at radius 1 is 1.10 bits per heavy atom. The van der Waals surface area contributed by atoms with E-state index in [2.05, 4.69) is 25.7 Å². The van der Waals surface area contributed by atoms with E-state index < -0.39 is 0 Å². The van der Waals surface area contributed by atoms with Crippen molar-refractivity contribution in [3.8, 4) is 17.2 Å². The summed E-state index contributed by atoms with van der Waals surface area (Å²) in [5.74, 6) is 1.65. The van der Waals surface area contributed by atoms with E-state index in [1.165, 1.54) is 6.21 Å². The van der Waals surface area contributed by atoms with Crippen molar-refractivity contribution < 1.29 is 14.2 Å². The molecule has 9 heteroatoms. The minimum atomic E-state index is -0.332. The molecule has 0 amide bonds. The minimum Gasteiger partial charge on any atom is -0.493 e. The van der Waals surface area contributed by atoms with E-state index in [0.29, 0.717) is 29.4 Å². The number of aromatic amines is 1. The number of nitrogens with one attached hydrogen (secondary N) is 2. The van der Waals surface area contributed by atoms with Crippen molar-refractivity contribution in [3.63, 3.8) is 0 Å². The number of nitrogens with zero attached hydrogens (tertiary/aromatic N) is 3. The van der Waals surface area contributed by atoms with Crippen molar-refractivity contribution in [1.82, 2.24) is 15.2 Å². The van der Waals surface area contributed by atoms with Gasteiger partial charge in [0.1, 0.15) is 12.3 Å². The number of H-pyrrole nitrogens is 1. The molecule has 2 N–H and O–H groups in total. The van der Waals surface area contributed by atoms with Gasteiger partial charge in [-0.15, -0.1) is 10.2 Å². The zero-order chi connectivity index (χ0) is 20.6. The number of benzene rings is 2. The number of methoxy groups -OCH3 is 2. The molecule has 0 radical (unpaired) electrons. The van der Waals surface area contributed by atoms with Crippen LogP contribution in [0.2, 0.25) is 0 Å². The van der Waals surface area contributed by atoms with Crippen LogP contribution in [-0.2, 0) is 6.61 Å². The molecule has 0 bridgehead atoms. The van der Waals surface area contributed by atoms with Crippen LogP contribution in [-0.4, -0.2) is 35.6 Å². The van der Waals surface area contributed by atoms with Gasteiger partial charge >= 0.3 is 0 Å². The number of aryl methyl sites for hydroxylation is 1. The first-order valence-corrected chi connectivity index (χ1v) is 8.76. The molecule has 1 aromatic heterocycles. The maximum absolute atomic E-state index is 11.5. The zero-order valence-electron chi connectivity index (χ0n) is 16.3. The Kier molecular flexibility index (Phi) is 6.41. The van der Waals surface area contributed by atoms with Crippen LogP contribution in [0.4, 0.5) is 5.95 Å². The average Bonchev–Trinajstić information content (AvgIpc) is 2.75. The Labute approximate surface area is 167 Å². The standard InChI is InChI=1S/C20H21N5O4/c1-13-19(26)22-20(25-23-13)24-21-11-15-9-16(27-2)18(17(10-15)28-3)29-12-14-7-5-4-6-8-14/h4-11H,12H2,1-3H3,(H2,22,24,25,26)/b21-11-. The summed E-state index contributed by atoms with van der Waals surface area (Å²) < 4.78 is 16.8. The fourth-order valence-corrected chi connectivity index (χ4v) is 2.46. The summed E-state index contributed by atoms with van der Waals surface area (Å²) in [6.45, 7) is 1.95. The van der Waals surface area contributed by atoms with Gasteiger partial charge in [-0.3, -0.25) is 9.78 Å². The first kappa shape index (κ1) is 19.9. The van der Waals surface area contributed by atoms with E-state index in [1.54, 1.807) is 33.3 Å². The van der Waals surface area contributed by atoms with Gasteiger partial charge in [0.15, 0.2) is 11.5 Å². The van der Waals surface area contributed by atoms with E-state index in [-0.39, 0.29) is 17.2 Å². The van der Waals surface area contributed by atoms with Gasteiger partial charge in [-0.2, -0.15) is 5.10 Å². The lowest BCUT2D eigenvalue weighted by molar-refractivity contribution is 0.266. The normalized spacial score (nSPS) is 10.7. The van der Waals surface area contributed by atoms with E-state index in [9.17, 15) is 4.79 Å². The van der Waals surface area contributed by atoms with Crippen LogP contribution in [0.1, 0.15) is 16.8 Å². The second-order valence-corrected chi connectivity index (χ2v) is 5.99. The molecule has 0 saturated heterocycles. The number of ether oxygens (including phenoxy) is 3. The van der Waals surface area contributed by atoms with Crippen molar-refractivity contribution in [3.05, 3.63) is 69.6 Å². The minimum absolute atomic E-state index is 0.138. The lowest BCUT2D eigenvalue weighted by Gasteiger charge is -2.15. The van der Waals surface area contributed by atoms with Crippen LogP contribution in [0.3, 0.4) is 0 Å². The van der Waals surface area contributed by atoms with Crippen LogP contribution in [0.25, 0.3) is 0 Å². The van der Waals surface area contributed by atoms with Gasteiger partial charge in [0, 0.05) is 5.56 Å². The molecule has 0 fully saturated rings. The SMILES string of the molecule is COc1cc(/C=N\Nc2nnc(C)c(=O)[nH]2)cc(OC)c1OCc1ccccc1. The summed E-state index contributed by atoms with van der Waals surface area (Å²) in [6.07, 6.45) is 1.53. The molecule has 0 atom stereocenters. The molecule has 3 rings (SSSR count). The van der Waals surface area contributed by atoms with Crippen molar-refractivity contribution in [2.75, 3.05) is 19.6 Å². The molecule has 0 unspecified atom stereocenters. The first-order valence-electron chi connectivity index (χ1n) is 8.76. The highest BCUT2D eigenvalue weighted by Gasteiger charge is 2.14. The van der Waals surface area contributed by atoms with Gasteiger partial charge in [-0.1, -0.05) is 30.3 Å². The van der Waals surface area contributed by atoms with Crippen molar-refractivity contribution in [2.24, 2.45) is 5.10 Å². The summed E-state index contributed by atoms with van der Waals surface area (Å²) >= 11 is 0. The maximum atomic E-state index is 11.5. The van der Waals surface area contributed by atoms with Gasteiger partial charge in [0.05, 0.1) is 20.4 Å². The van der Waals surface area contributed by atoms with E-state index in [4.69, 9.17) is 14.2 Å². The highest BCUT2D eigenvalue weighted by atomic mass is 16.5. The van der Waals surface area contributed by atoms with Gasteiger partial charge in [-0.25, -0.2) is 5.43 Å². The molecule has 0 spiro atoms. The molecular formula is C20H21N5O4. The third-order valence-corrected chi connectivity index (χ3v) is 3.95. The molecule has 0 aliphatic carbocycles. The average molecular weight is 395 g/mol. The van der Waals surface area contributed by atoms with Crippen LogP contribution in [0.5, 0.6) is 17.2 Å². The fraction of sp³-hybridized carbons (Fsp3) is 0.200. The Morgan fingerprint density at radius 3 is 2.41 bits per heavy atom. The topological polar surface area (TPSA) is 111 Å². The predicted octanol–water partition coefficient (Wildman–Crippen LogP) is 2.52. The summed E-state index contributed by atoms with van der Waals surface area (Å²) in [5, 5.41) is 11.6. The second-order valence-electron chi connectivity index (χ2n) is 5.99. The molecule has 0 saturated carbocycles. The third kappa shape index (κ3) is 5.10. The lowest BCUT2D eigenvalue weighted by atomic mass is 10.2. The molecule has 9 nitrogen and oxygen atoms in total. The van der Waals surface area contributed by atoms with Crippen LogP contribution in [0, 0.1) is 6.92 Å². The Hall–Kier alpha value is -3.88. The van der Waals surface area contributed by atoms with E-state index in [1.807, 2.05) is 30.3 Å². The number of anilines is 1. The summed E-state index contributed by atoms with van der Waals surface area (Å²) in [6, 6.07) is 13.3. The molecule has 29 heavy (non-hydrogen) atoms. The highest BCUT2D eigenvalue weighted by Crippen LogP contribution is 2.38. The molecule has 150 valence electrons. The molecule has 0 aliphatic heterocycles. The van der Waals surface area contributed by atoms with Gasteiger partial charge < -0.3 is 14.2 Å². The molecule has 3 aromatic rings. The number of aromatic nitrogens is 3. The molecule has 2 aromatic carbocycles. The van der Waals surface area contributed by atoms with Gasteiger partial charge in [0.2, 0.25) is 11.7 Å². The molecule has 1 heterocycles. The third-order valence-electron chi connectivity index (χ3n) is 3.95. The second kappa shape index (κ2) is 9.36. The zero-order valence-corrected chi connectivity index (χ0v) is 16.3. The number of hydrazone groups is 1. The van der Waals surface area contributed by atoms with Crippen molar-refractivity contribution >= 4 is 12.2 Å². The van der Waals surface area contributed by atoms with E-state index in [0.717, 1.165) is 5.56 Å². The van der Waals surface area contributed by atoms with Gasteiger partial charge in [-0.05, 0) is 24.6 Å². The Morgan fingerprint density at radius 2 is 1.79 bits per heavy atom. The van der Waals surface area contributed by atoms with Gasteiger partial charge in [0.25, 0.3) is 5.56 Å². The highest BCUT2D eigenvalue weighted by molar-refractivity contribution is 5.82. The number of hydrogen-bond donors (Lipinski definition) is 2. The number of hydrogen-bond acceptors (Lipinski definition) is 8. The summed E-state index contributed by atoms with van der Waals surface area (Å²) in [4.78, 5) is 14.1. The predicted molar refractivity (Wildman–Crippen MR) is 109 cm³/mol. The smallest absolute Gasteiger partial charge is 0.274 e. The van der Waals surface area contributed by atoms with E-state index >= 15 is 0 Å². The monoisotopic (exact) mass is 395 g/mol. The molecule has 0 aliphatic rings. The van der Waals surface area contributed by atoms with Crippen molar-refractivity contribution in [1.29, 1.82) is 0 Å². The number of rotatable bonds is 8. The van der Waals surface area contributed by atoms with Crippen LogP contribution in [0.15, 0.2) is 52.4 Å². The largest absolute Gasteiger partial charge is 0.493 e. The Bertz CT molecular complexity index is 1030. The first-order chi connectivity index (χ1) is 14.1. The fourth-order valence-electron chi connectivity index (χ4n) is 2.46.